The minimum absolute atomic E-state index is 0.0354. The lowest BCUT2D eigenvalue weighted by molar-refractivity contribution is 0.0917. The highest BCUT2D eigenvalue weighted by molar-refractivity contribution is 7.80. The Morgan fingerprint density at radius 1 is 0.920 bits per heavy atom. The van der Waals surface area contributed by atoms with E-state index in [1.54, 1.807) is 18.2 Å². The monoisotopic (exact) mass is 355 g/mol. The summed E-state index contributed by atoms with van der Waals surface area (Å²) in [5.74, 6) is -0.642. The maximum Gasteiger partial charge on any atom is 0.305 e. The number of benzene rings is 2. The van der Waals surface area contributed by atoms with Crippen LogP contribution >= 0.6 is 12.2 Å². The van der Waals surface area contributed by atoms with Crippen molar-refractivity contribution in [2.75, 3.05) is 5.32 Å². The lowest BCUT2D eigenvalue weighted by Crippen LogP contribution is -2.43. The molecule has 3 aromatic rings. The van der Waals surface area contributed by atoms with Gasteiger partial charge in [-0.05, 0) is 48.6 Å². The number of rotatable bonds is 3. The molecule has 1 amide bonds. The number of hydrazine groups is 1. The zero-order chi connectivity index (χ0) is 17.6. The van der Waals surface area contributed by atoms with Gasteiger partial charge in [0, 0.05) is 5.69 Å². The van der Waals surface area contributed by atoms with E-state index in [0.717, 1.165) is 5.69 Å². The van der Waals surface area contributed by atoms with Gasteiger partial charge in [-0.25, -0.2) is 4.39 Å². The second-order valence-electron chi connectivity index (χ2n) is 5.04. The summed E-state index contributed by atoms with van der Waals surface area (Å²) in [6, 6.07) is 18.4. The lowest BCUT2D eigenvalue weighted by Gasteiger charge is -2.10. The fourth-order valence-corrected chi connectivity index (χ4v) is 2.29. The molecule has 0 radical (unpaired) electrons. The number of nitrogens with one attached hydrogen (secondary N) is 3. The molecule has 0 aliphatic rings. The van der Waals surface area contributed by atoms with Crippen LogP contribution in [0.25, 0.3) is 11.3 Å². The molecule has 0 saturated carbocycles. The third-order valence-electron chi connectivity index (χ3n) is 3.29. The smallest absolute Gasteiger partial charge is 0.305 e. The number of hydrogen-bond acceptors (Lipinski definition) is 3. The van der Waals surface area contributed by atoms with E-state index in [2.05, 4.69) is 16.2 Å². The molecule has 0 unspecified atom stereocenters. The minimum atomic E-state index is -0.528. The van der Waals surface area contributed by atoms with Gasteiger partial charge in [0.2, 0.25) is 0 Å². The Labute approximate surface area is 148 Å². The summed E-state index contributed by atoms with van der Waals surface area (Å²) in [7, 11) is 0. The van der Waals surface area contributed by atoms with Crippen LogP contribution in [0.1, 0.15) is 10.6 Å². The lowest BCUT2D eigenvalue weighted by atomic mass is 10.1. The van der Waals surface area contributed by atoms with Gasteiger partial charge in [0.15, 0.2) is 10.9 Å². The van der Waals surface area contributed by atoms with Crippen LogP contribution < -0.4 is 16.2 Å². The second-order valence-corrected chi connectivity index (χ2v) is 5.45. The van der Waals surface area contributed by atoms with Crippen molar-refractivity contribution in [1.29, 1.82) is 0 Å². The number of para-hydroxylation sites is 1. The van der Waals surface area contributed by atoms with Crippen molar-refractivity contribution in [1.82, 2.24) is 10.9 Å². The zero-order valence-corrected chi connectivity index (χ0v) is 13.8. The predicted molar refractivity (Wildman–Crippen MR) is 97.4 cm³/mol. The van der Waals surface area contributed by atoms with Crippen LogP contribution in [0.2, 0.25) is 0 Å². The average Bonchev–Trinajstić information content (AvgIpc) is 3.11. The van der Waals surface area contributed by atoms with Crippen LogP contribution in [0.3, 0.4) is 0 Å². The van der Waals surface area contributed by atoms with Gasteiger partial charge >= 0.3 is 5.91 Å². The molecule has 1 aromatic heterocycles. The molecule has 0 aliphatic carbocycles. The number of carbonyl (C=O) groups is 1. The predicted octanol–water partition coefficient (Wildman–Crippen LogP) is 3.72. The molecule has 3 rings (SSSR count). The number of anilines is 1. The molecule has 1 heterocycles. The Bertz CT molecular complexity index is 896. The number of carbonyl (C=O) groups excluding carboxylic acids is 1. The van der Waals surface area contributed by atoms with Crippen LogP contribution in [-0.2, 0) is 0 Å². The Hall–Kier alpha value is -3.19. The van der Waals surface area contributed by atoms with Gasteiger partial charge in [0.05, 0.1) is 5.56 Å². The van der Waals surface area contributed by atoms with E-state index >= 15 is 0 Å². The van der Waals surface area contributed by atoms with Gasteiger partial charge in [-0.3, -0.25) is 15.6 Å². The third-order valence-corrected chi connectivity index (χ3v) is 3.49. The molecular formula is C18H14FN3O2S. The van der Waals surface area contributed by atoms with Crippen LogP contribution in [0.4, 0.5) is 10.1 Å². The van der Waals surface area contributed by atoms with Crippen molar-refractivity contribution in [2.24, 2.45) is 0 Å². The average molecular weight is 355 g/mol. The molecule has 5 nitrogen and oxygen atoms in total. The van der Waals surface area contributed by atoms with Crippen molar-refractivity contribution < 1.29 is 13.6 Å². The molecule has 126 valence electrons. The number of thiocarbonyl (C=S) groups is 1. The molecular weight excluding hydrogens is 341 g/mol. The van der Waals surface area contributed by atoms with Crippen LogP contribution in [0, 0.1) is 5.82 Å². The van der Waals surface area contributed by atoms with E-state index in [1.165, 1.54) is 18.2 Å². The summed E-state index contributed by atoms with van der Waals surface area (Å²) >= 11 is 5.09. The fraction of sp³-hybridized carbons (Fsp3) is 0. The fourth-order valence-electron chi connectivity index (χ4n) is 2.12. The molecule has 7 heteroatoms. The van der Waals surface area contributed by atoms with E-state index in [4.69, 9.17) is 16.6 Å². The van der Waals surface area contributed by atoms with Gasteiger partial charge < -0.3 is 9.73 Å². The van der Waals surface area contributed by atoms with Gasteiger partial charge in [-0.2, -0.15) is 0 Å². The molecule has 0 spiro atoms. The highest BCUT2D eigenvalue weighted by atomic mass is 32.1. The van der Waals surface area contributed by atoms with E-state index in [1.807, 2.05) is 30.3 Å². The first-order valence-corrected chi connectivity index (χ1v) is 7.81. The Morgan fingerprint density at radius 3 is 2.40 bits per heavy atom. The van der Waals surface area contributed by atoms with Crippen LogP contribution in [0.5, 0.6) is 0 Å². The minimum Gasteiger partial charge on any atom is -0.451 e. The van der Waals surface area contributed by atoms with E-state index in [0.29, 0.717) is 0 Å². The molecule has 0 aliphatic heterocycles. The zero-order valence-electron chi connectivity index (χ0n) is 13.0. The van der Waals surface area contributed by atoms with Gasteiger partial charge in [0.25, 0.3) is 0 Å². The van der Waals surface area contributed by atoms with E-state index < -0.39 is 11.7 Å². The molecule has 0 bridgehead atoms. The van der Waals surface area contributed by atoms with Crippen LogP contribution in [0.15, 0.2) is 71.1 Å². The molecule has 3 N–H and O–H groups in total. The molecule has 0 atom stereocenters. The van der Waals surface area contributed by atoms with Gasteiger partial charge in [-0.15, -0.1) is 0 Å². The molecule has 25 heavy (non-hydrogen) atoms. The number of amides is 1. The quantitative estimate of drug-likeness (QED) is 0.494. The van der Waals surface area contributed by atoms with Crippen LogP contribution in [-0.4, -0.2) is 11.0 Å². The number of furan rings is 1. The summed E-state index contributed by atoms with van der Waals surface area (Å²) in [5.41, 5.74) is 6.07. The normalized spacial score (nSPS) is 10.1. The first-order chi connectivity index (χ1) is 12.1. The standard InChI is InChI=1S/C18H14FN3O2S/c19-14-9-5-4-8-13(14)15-10-11-16(24-15)17(23)21-22-18(25)20-12-6-2-1-3-7-12/h1-11H,(H,21,23)(H2,20,22,25). The highest BCUT2D eigenvalue weighted by Crippen LogP contribution is 2.24. The van der Waals surface area contributed by atoms with Crippen molar-refractivity contribution in [3.05, 3.63) is 78.3 Å². The maximum absolute atomic E-state index is 13.7. The van der Waals surface area contributed by atoms with Crippen molar-refractivity contribution in [3.63, 3.8) is 0 Å². The van der Waals surface area contributed by atoms with Crippen molar-refractivity contribution >= 4 is 28.9 Å². The van der Waals surface area contributed by atoms with E-state index in [9.17, 15) is 9.18 Å². The SMILES string of the molecule is O=C(NNC(=S)Nc1ccccc1)c1ccc(-c2ccccc2F)o1. The molecule has 0 saturated heterocycles. The maximum atomic E-state index is 13.7. The Morgan fingerprint density at radius 2 is 1.64 bits per heavy atom. The van der Waals surface area contributed by atoms with Gasteiger partial charge in [-0.1, -0.05) is 30.3 Å². The first-order valence-electron chi connectivity index (χ1n) is 7.40. The Kier molecular flexibility index (Phi) is 5.06. The van der Waals surface area contributed by atoms with E-state index in [-0.39, 0.29) is 22.2 Å². The number of hydrogen-bond donors (Lipinski definition) is 3. The summed E-state index contributed by atoms with van der Waals surface area (Å²) in [5, 5.41) is 3.14. The second kappa shape index (κ2) is 7.59. The topological polar surface area (TPSA) is 66.3 Å². The largest absolute Gasteiger partial charge is 0.451 e. The number of halogens is 1. The summed E-state index contributed by atoms with van der Waals surface area (Å²) in [6.07, 6.45) is 0. The van der Waals surface area contributed by atoms with Gasteiger partial charge in [0.1, 0.15) is 11.6 Å². The third kappa shape index (κ3) is 4.21. The van der Waals surface area contributed by atoms with Crippen molar-refractivity contribution in [2.45, 2.75) is 0 Å². The molecule has 0 fully saturated rings. The Balaban J connectivity index is 1.59. The molecule has 2 aromatic carbocycles. The summed E-state index contributed by atoms with van der Waals surface area (Å²) in [4.78, 5) is 12.1. The summed E-state index contributed by atoms with van der Waals surface area (Å²) in [6.45, 7) is 0. The highest BCUT2D eigenvalue weighted by Gasteiger charge is 2.14. The first kappa shape index (κ1) is 16.7. The summed E-state index contributed by atoms with van der Waals surface area (Å²) < 4.78 is 19.2. The van der Waals surface area contributed by atoms with Crippen molar-refractivity contribution in [3.8, 4) is 11.3 Å².